The summed E-state index contributed by atoms with van der Waals surface area (Å²) in [5.74, 6) is -0.228. The lowest BCUT2D eigenvalue weighted by Crippen LogP contribution is -1.87. The predicted molar refractivity (Wildman–Crippen MR) is 51.1 cm³/mol. The molecule has 0 unspecified atom stereocenters. The fourth-order valence-corrected chi connectivity index (χ4v) is 1.33. The van der Waals surface area contributed by atoms with E-state index in [0.29, 0.717) is 0 Å². The minimum absolute atomic E-state index is 0.228. The van der Waals surface area contributed by atoms with Gasteiger partial charge in [0, 0.05) is 17.1 Å². The lowest BCUT2D eigenvalue weighted by atomic mass is 10.2. The molecule has 1 nitrogen and oxygen atoms in total. The normalized spacial score (nSPS) is 10.6. The van der Waals surface area contributed by atoms with E-state index in [-0.39, 0.29) is 5.82 Å². The number of fused-ring (bicyclic) bond motifs is 1. The standard InChI is InChI=1S/C11H10FN/c1-2-10-6-4-8-3-5-9(12)7-11(8)13-10/h3-7H,2H2,1H3. The summed E-state index contributed by atoms with van der Waals surface area (Å²) in [6.45, 7) is 2.04. The highest BCUT2D eigenvalue weighted by atomic mass is 19.1. The van der Waals surface area contributed by atoms with Crippen LogP contribution in [-0.4, -0.2) is 4.98 Å². The summed E-state index contributed by atoms with van der Waals surface area (Å²) in [6.07, 6.45) is 0.881. The smallest absolute Gasteiger partial charge is 0.125 e. The van der Waals surface area contributed by atoms with E-state index < -0.39 is 0 Å². The third-order valence-corrected chi connectivity index (χ3v) is 2.07. The summed E-state index contributed by atoms with van der Waals surface area (Å²) >= 11 is 0. The Bertz CT molecular complexity index is 437. The minimum atomic E-state index is -0.228. The second kappa shape index (κ2) is 3.13. The Morgan fingerprint density at radius 1 is 1.23 bits per heavy atom. The number of hydrogen-bond donors (Lipinski definition) is 0. The predicted octanol–water partition coefficient (Wildman–Crippen LogP) is 2.94. The molecule has 0 saturated carbocycles. The first-order chi connectivity index (χ1) is 6.29. The van der Waals surface area contributed by atoms with Crippen molar-refractivity contribution >= 4 is 10.9 Å². The number of hydrogen-bond acceptors (Lipinski definition) is 1. The molecule has 2 heteroatoms. The fourth-order valence-electron chi connectivity index (χ4n) is 1.33. The first-order valence-corrected chi connectivity index (χ1v) is 4.35. The van der Waals surface area contributed by atoms with Gasteiger partial charge >= 0.3 is 0 Å². The number of aromatic nitrogens is 1. The Balaban J connectivity index is 2.68. The van der Waals surface area contributed by atoms with Crippen LogP contribution in [0, 0.1) is 5.82 Å². The van der Waals surface area contributed by atoms with E-state index >= 15 is 0 Å². The van der Waals surface area contributed by atoms with Crippen molar-refractivity contribution in [1.82, 2.24) is 4.98 Å². The molecule has 66 valence electrons. The van der Waals surface area contributed by atoms with Crippen molar-refractivity contribution in [3.63, 3.8) is 0 Å². The van der Waals surface area contributed by atoms with Crippen LogP contribution in [0.2, 0.25) is 0 Å². The molecule has 0 aliphatic rings. The average Bonchev–Trinajstić information content (AvgIpc) is 2.16. The molecule has 0 aliphatic carbocycles. The van der Waals surface area contributed by atoms with Gasteiger partial charge in [0.1, 0.15) is 5.82 Å². The van der Waals surface area contributed by atoms with Crippen LogP contribution in [0.15, 0.2) is 30.3 Å². The largest absolute Gasteiger partial charge is 0.253 e. The molecule has 0 spiro atoms. The van der Waals surface area contributed by atoms with Gasteiger partial charge in [-0.1, -0.05) is 13.0 Å². The summed E-state index contributed by atoms with van der Waals surface area (Å²) in [7, 11) is 0. The molecule has 0 radical (unpaired) electrons. The van der Waals surface area contributed by atoms with Gasteiger partial charge in [-0.05, 0) is 24.6 Å². The van der Waals surface area contributed by atoms with E-state index in [1.165, 1.54) is 12.1 Å². The van der Waals surface area contributed by atoms with Crippen LogP contribution in [0.5, 0.6) is 0 Å². The number of rotatable bonds is 1. The zero-order chi connectivity index (χ0) is 9.26. The lowest BCUT2D eigenvalue weighted by molar-refractivity contribution is 0.629. The van der Waals surface area contributed by atoms with Crippen LogP contribution in [0.3, 0.4) is 0 Å². The Kier molecular flexibility index (Phi) is 1.97. The van der Waals surface area contributed by atoms with E-state index in [1.807, 2.05) is 19.1 Å². The van der Waals surface area contributed by atoms with Crippen molar-refractivity contribution in [2.45, 2.75) is 13.3 Å². The fraction of sp³-hybridized carbons (Fsp3) is 0.182. The summed E-state index contributed by atoms with van der Waals surface area (Å²) in [5.41, 5.74) is 1.73. The summed E-state index contributed by atoms with van der Waals surface area (Å²) in [4.78, 5) is 4.31. The third-order valence-electron chi connectivity index (χ3n) is 2.07. The van der Waals surface area contributed by atoms with E-state index in [2.05, 4.69) is 4.98 Å². The molecular formula is C11H10FN. The van der Waals surface area contributed by atoms with Crippen LogP contribution >= 0.6 is 0 Å². The van der Waals surface area contributed by atoms with Gasteiger partial charge in [0.2, 0.25) is 0 Å². The van der Waals surface area contributed by atoms with Crippen LogP contribution in [0.1, 0.15) is 12.6 Å². The summed E-state index contributed by atoms with van der Waals surface area (Å²) < 4.78 is 12.8. The average molecular weight is 175 g/mol. The molecule has 0 aliphatic heterocycles. The van der Waals surface area contributed by atoms with Gasteiger partial charge in [-0.25, -0.2) is 4.39 Å². The van der Waals surface area contributed by atoms with Gasteiger partial charge in [0.15, 0.2) is 0 Å². The van der Waals surface area contributed by atoms with Crippen LogP contribution < -0.4 is 0 Å². The van der Waals surface area contributed by atoms with E-state index in [9.17, 15) is 4.39 Å². The quantitative estimate of drug-likeness (QED) is 0.649. The molecule has 2 rings (SSSR count). The number of benzene rings is 1. The summed E-state index contributed by atoms with van der Waals surface area (Å²) in [5, 5.41) is 0.985. The van der Waals surface area contributed by atoms with E-state index in [4.69, 9.17) is 0 Å². The maximum absolute atomic E-state index is 12.8. The van der Waals surface area contributed by atoms with Crippen molar-refractivity contribution in [2.24, 2.45) is 0 Å². The monoisotopic (exact) mass is 175 g/mol. The molecule has 2 aromatic rings. The SMILES string of the molecule is CCc1ccc2ccc(F)cc2n1. The van der Waals surface area contributed by atoms with Crippen molar-refractivity contribution < 1.29 is 4.39 Å². The highest BCUT2D eigenvalue weighted by Gasteiger charge is 1.97. The zero-order valence-corrected chi connectivity index (χ0v) is 7.42. The number of halogens is 1. The first kappa shape index (κ1) is 8.17. The molecule has 1 aromatic heterocycles. The molecule has 13 heavy (non-hydrogen) atoms. The van der Waals surface area contributed by atoms with E-state index in [1.54, 1.807) is 6.07 Å². The van der Waals surface area contributed by atoms with Gasteiger partial charge in [-0.2, -0.15) is 0 Å². The van der Waals surface area contributed by atoms with Gasteiger partial charge in [-0.15, -0.1) is 0 Å². The van der Waals surface area contributed by atoms with Crippen LogP contribution in [0.25, 0.3) is 10.9 Å². The van der Waals surface area contributed by atoms with Gasteiger partial charge in [-0.3, -0.25) is 4.98 Å². The molecule has 0 atom stereocenters. The maximum Gasteiger partial charge on any atom is 0.125 e. The second-order valence-corrected chi connectivity index (χ2v) is 2.99. The topological polar surface area (TPSA) is 12.9 Å². The van der Waals surface area contributed by atoms with Crippen molar-refractivity contribution in [2.75, 3.05) is 0 Å². The van der Waals surface area contributed by atoms with E-state index in [0.717, 1.165) is 23.0 Å². The number of pyridine rings is 1. The summed E-state index contributed by atoms with van der Waals surface area (Å²) in [6, 6.07) is 8.61. The van der Waals surface area contributed by atoms with Crippen LogP contribution in [-0.2, 0) is 6.42 Å². The van der Waals surface area contributed by atoms with Crippen LogP contribution in [0.4, 0.5) is 4.39 Å². The second-order valence-electron chi connectivity index (χ2n) is 2.99. The van der Waals surface area contributed by atoms with Gasteiger partial charge < -0.3 is 0 Å². The molecule has 0 amide bonds. The number of aryl methyl sites for hydroxylation is 1. The van der Waals surface area contributed by atoms with Gasteiger partial charge in [0.25, 0.3) is 0 Å². The van der Waals surface area contributed by atoms with Gasteiger partial charge in [0.05, 0.1) is 5.52 Å². The Labute approximate surface area is 76.2 Å². The van der Waals surface area contributed by atoms with Crippen molar-refractivity contribution in [3.05, 3.63) is 41.8 Å². The van der Waals surface area contributed by atoms with Crippen molar-refractivity contribution in [1.29, 1.82) is 0 Å². The Hall–Kier alpha value is -1.44. The Morgan fingerprint density at radius 3 is 2.77 bits per heavy atom. The van der Waals surface area contributed by atoms with Crippen molar-refractivity contribution in [3.8, 4) is 0 Å². The Morgan fingerprint density at radius 2 is 2.00 bits per heavy atom. The number of nitrogens with zero attached hydrogens (tertiary/aromatic N) is 1. The molecule has 1 aromatic carbocycles. The minimum Gasteiger partial charge on any atom is -0.253 e. The molecule has 1 heterocycles. The molecule has 0 bridgehead atoms. The lowest BCUT2D eigenvalue weighted by Gasteiger charge is -1.99. The molecule has 0 fully saturated rings. The first-order valence-electron chi connectivity index (χ1n) is 4.35. The molecular weight excluding hydrogens is 165 g/mol. The maximum atomic E-state index is 12.8. The molecule has 0 N–H and O–H groups in total. The highest BCUT2D eigenvalue weighted by molar-refractivity contribution is 5.78. The molecule has 0 saturated heterocycles. The highest BCUT2D eigenvalue weighted by Crippen LogP contribution is 2.13. The zero-order valence-electron chi connectivity index (χ0n) is 7.42. The third kappa shape index (κ3) is 1.52.